The van der Waals surface area contributed by atoms with Gasteiger partial charge in [-0.15, -0.1) is 0 Å². The summed E-state index contributed by atoms with van der Waals surface area (Å²) in [6.07, 6.45) is 7.69. The second kappa shape index (κ2) is 12.7. The zero-order valence-corrected chi connectivity index (χ0v) is 26.6. The third kappa shape index (κ3) is 7.30. The summed E-state index contributed by atoms with van der Waals surface area (Å²) >= 11 is 0. The Balaban J connectivity index is 2.15. The second-order valence-electron chi connectivity index (χ2n) is 12.4. The normalized spacial score (nSPS) is 21.3. The Labute approximate surface area is 240 Å². The highest BCUT2D eigenvalue weighted by Gasteiger charge is 2.49. The van der Waals surface area contributed by atoms with Crippen molar-refractivity contribution in [1.82, 2.24) is 5.09 Å². The molecule has 0 saturated heterocycles. The Kier molecular flexibility index (Phi) is 10.2. The van der Waals surface area contributed by atoms with Gasteiger partial charge in [-0.25, -0.2) is 14.4 Å². The van der Waals surface area contributed by atoms with E-state index in [-0.39, 0.29) is 24.5 Å². The average Bonchev–Trinajstić information content (AvgIpc) is 2.82. The number of rotatable bonds is 12. The van der Waals surface area contributed by atoms with Crippen LogP contribution >= 0.6 is 7.52 Å². The molecule has 3 rings (SSSR count). The van der Waals surface area contributed by atoms with Gasteiger partial charge in [-0.2, -0.15) is 0 Å². The smallest absolute Gasteiger partial charge is 0.424 e. The molecule has 40 heavy (non-hydrogen) atoms. The fraction of sp³-hybridized carbons (Fsp3) is 0.677. The van der Waals surface area contributed by atoms with Gasteiger partial charge in [0.1, 0.15) is 22.6 Å². The van der Waals surface area contributed by atoms with Crippen LogP contribution in [-0.2, 0) is 25.3 Å². The van der Waals surface area contributed by atoms with E-state index in [4.69, 9.17) is 18.7 Å². The largest absolute Gasteiger partial charge is 0.487 e. The van der Waals surface area contributed by atoms with E-state index in [2.05, 4.69) is 44.9 Å². The van der Waals surface area contributed by atoms with Crippen molar-refractivity contribution < 1.29 is 32.9 Å². The van der Waals surface area contributed by atoms with Gasteiger partial charge in [0, 0.05) is 17.4 Å². The molecule has 0 bridgehead atoms. The lowest BCUT2D eigenvalue weighted by Gasteiger charge is -2.47. The Morgan fingerprint density at radius 1 is 1.20 bits per heavy atom. The number of carbonyl (C=O) groups excluding carboxylic acids is 2. The van der Waals surface area contributed by atoms with Crippen LogP contribution in [0.2, 0.25) is 0 Å². The van der Waals surface area contributed by atoms with Crippen molar-refractivity contribution in [3.05, 3.63) is 34.9 Å². The molecule has 224 valence electrons. The number of unbranched alkanes of at least 4 members (excludes halogenated alkanes) is 2. The number of carbonyl (C=O) groups is 2. The van der Waals surface area contributed by atoms with E-state index in [0.717, 1.165) is 49.7 Å². The van der Waals surface area contributed by atoms with E-state index >= 15 is 0 Å². The van der Waals surface area contributed by atoms with Crippen LogP contribution < -0.4 is 14.3 Å². The van der Waals surface area contributed by atoms with Crippen molar-refractivity contribution in [2.75, 3.05) is 6.61 Å². The molecule has 1 aliphatic heterocycles. The first kappa shape index (κ1) is 32.2. The molecule has 8 nitrogen and oxygen atoms in total. The standard InChI is InChI=1S/C31H48NO7P/c1-10-12-13-14-22-18-25-27(23-17-21(5)15-16-24(23)31(8,9)38-25)26(19-22)39-40(35,29(34)36-11-2)32-30(6,7)28(33)37-20(3)4/h17-20,23-24H,10-16H2,1-9H3,(H,32,35). The average molecular weight is 578 g/mol. The van der Waals surface area contributed by atoms with Gasteiger partial charge in [-0.1, -0.05) is 31.4 Å². The lowest BCUT2D eigenvalue weighted by Crippen LogP contribution is -2.48. The van der Waals surface area contributed by atoms with Crippen molar-refractivity contribution in [2.45, 2.75) is 124 Å². The molecule has 1 aliphatic carbocycles. The second-order valence-corrected chi connectivity index (χ2v) is 14.3. The third-order valence-corrected chi connectivity index (χ3v) is 9.51. The SMILES string of the molecule is CCCCCc1cc2c(c(OP(=O)(NC(C)(C)C(=O)OC(C)C)C(=O)OCC)c1)C1C=C(C)CCC1C(C)(C)O2. The Morgan fingerprint density at radius 3 is 2.52 bits per heavy atom. The Bertz CT molecular complexity index is 1170. The van der Waals surface area contributed by atoms with Crippen molar-refractivity contribution >= 4 is 19.2 Å². The van der Waals surface area contributed by atoms with Crippen molar-refractivity contribution in [1.29, 1.82) is 0 Å². The number of aryl methyl sites for hydroxylation is 1. The van der Waals surface area contributed by atoms with Crippen LogP contribution in [0.5, 0.6) is 11.5 Å². The zero-order chi connectivity index (χ0) is 29.9. The number of hydrogen-bond acceptors (Lipinski definition) is 7. The van der Waals surface area contributed by atoms with Crippen LogP contribution in [0, 0.1) is 5.92 Å². The molecular formula is C31H48NO7P. The lowest BCUT2D eigenvalue weighted by atomic mass is 9.68. The van der Waals surface area contributed by atoms with Crippen LogP contribution in [-0.4, -0.2) is 35.5 Å². The van der Waals surface area contributed by atoms with Crippen LogP contribution in [0.1, 0.15) is 111 Å². The van der Waals surface area contributed by atoms with E-state index < -0.39 is 30.3 Å². The molecule has 1 heterocycles. The summed E-state index contributed by atoms with van der Waals surface area (Å²) in [7, 11) is -4.45. The lowest BCUT2D eigenvalue weighted by molar-refractivity contribution is -0.153. The minimum Gasteiger partial charge on any atom is -0.487 e. The van der Waals surface area contributed by atoms with Crippen LogP contribution in [0.25, 0.3) is 0 Å². The van der Waals surface area contributed by atoms with Crippen LogP contribution in [0.3, 0.4) is 0 Å². The van der Waals surface area contributed by atoms with Crippen molar-refractivity contribution in [2.24, 2.45) is 5.92 Å². The number of allylic oxidation sites excluding steroid dienone is 2. The molecule has 3 atom stereocenters. The molecule has 0 radical (unpaired) electrons. The molecule has 1 aromatic carbocycles. The fourth-order valence-corrected chi connectivity index (χ4v) is 7.35. The number of esters is 1. The topological polar surface area (TPSA) is 100 Å². The van der Waals surface area contributed by atoms with E-state index in [1.165, 1.54) is 19.4 Å². The summed E-state index contributed by atoms with van der Waals surface area (Å²) in [6.45, 7) is 16.6. The van der Waals surface area contributed by atoms with Gasteiger partial charge in [-0.05, 0) is 98.8 Å². The maximum absolute atomic E-state index is 14.4. The summed E-state index contributed by atoms with van der Waals surface area (Å²) in [6, 6.07) is 3.93. The zero-order valence-electron chi connectivity index (χ0n) is 25.7. The first-order chi connectivity index (χ1) is 18.6. The molecule has 3 unspecified atom stereocenters. The van der Waals surface area contributed by atoms with E-state index in [0.29, 0.717) is 11.5 Å². The van der Waals surface area contributed by atoms with E-state index in [9.17, 15) is 14.2 Å². The number of ether oxygens (including phenoxy) is 3. The molecule has 0 fully saturated rings. The highest BCUT2D eigenvalue weighted by atomic mass is 31.2. The number of fused-ring (bicyclic) bond motifs is 3. The highest BCUT2D eigenvalue weighted by molar-refractivity contribution is 7.74. The Morgan fingerprint density at radius 2 is 1.90 bits per heavy atom. The molecular weight excluding hydrogens is 529 g/mol. The van der Waals surface area contributed by atoms with Gasteiger partial charge in [0.15, 0.2) is 0 Å². The van der Waals surface area contributed by atoms with Gasteiger partial charge in [0.05, 0.1) is 12.7 Å². The minimum absolute atomic E-state index is 0.00380. The van der Waals surface area contributed by atoms with E-state index in [1.807, 2.05) is 6.07 Å². The first-order valence-corrected chi connectivity index (χ1v) is 16.3. The van der Waals surface area contributed by atoms with Crippen molar-refractivity contribution in [3.8, 4) is 11.5 Å². The molecule has 2 aliphatic rings. The maximum atomic E-state index is 14.4. The predicted octanol–water partition coefficient (Wildman–Crippen LogP) is 8.08. The summed E-state index contributed by atoms with van der Waals surface area (Å²) in [5.41, 5.74) is 0.0631. The third-order valence-electron chi connectivity index (χ3n) is 7.59. The van der Waals surface area contributed by atoms with Gasteiger partial charge < -0.3 is 18.7 Å². The fourth-order valence-electron chi connectivity index (χ4n) is 5.59. The molecule has 0 saturated carbocycles. The molecule has 1 N–H and O–H groups in total. The molecule has 0 aromatic heterocycles. The highest BCUT2D eigenvalue weighted by Crippen LogP contribution is 2.57. The molecule has 0 spiro atoms. The van der Waals surface area contributed by atoms with Crippen molar-refractivity contribution in [3.63, 3.8) is 0 Å². The minimum atomic E-state index is -4.45. The molecule has 0 amide bonds. The Hall–Kier alpha value is -2.31. The summed E-state index contributed by atoms with van der Waals surface area (Å²) < 4.78 is 37.9. The van der Waals surface area contributed by atoms with E-state index in [1.54, 1.807) is 20.8 Å². The molecule has 1 aromatic rings. The quantitative estimate of drug-likeness (QED) is 0.115. The maximum Gasteiger partial charge on any atom is 0.424 e. The molecule has 9 heteroatoms. The number of benzene rings is 1. The van der Waals surface area contributed by atoms with Gasteiger partial charge in [0.2, 0.25) is 0 Å². The van der Waals surface area contributed by atoms with Crippen LogP contribution in [0.4, 0.5) is 4.79 Å². The number of nitrogens with one attached hydrogen (secondary N) is 1. The van der Waals surface area contributed by atoms with Gasteiger partial charge in [0.25, 0.3) is 0 Å². The van der Waals surface area contributed by atoms with Gasteiger partial charge in [-0.3, -0.25) is 4.79 Å². The van der Waals surface area contributed by atoms with Gasteiger partial charge >= 0.3 is 19.2 Å². The predicted molar refractivity (Wildman–Crippen MR) is 157 cm³/mol. The first-order valence-electron chi connectivity index (χ1n) is 14.6. The summed E-state index contributed by atoms with van der Waals surface area (Å²) in [5, 5.41) is 2.71. The summed E-state index contributed by atoms with van der Waals surface area (Å²) in [4.78, 5) is 26.1. The number of hydrogen-bond donors (Lipinski definition) is 1. The summed E-state index contributed by atoms with van der Waals surface area (Å²) in [5.74, 6) is 0.473. The monoisotopic (exact) mass is 577 g/mol. The van der Waals surface area contributed by atoms with Crippen LogP contribution in [0.15, 0.2) is 23.8 Å².